The molecule has 86 valence electrons. The van der Waals surface area contributed by atoms with E-state index in [4.69, 9.17) is 0 Å². The first kappa shape index (κ1) is 11.1. The molecule has 1 aromatic rings. The molecule has 3 amide bonds. The topological polar surface area (TPSA) is 61.8 Å². The van der Waals surface area contributed by atoms with Gasteiger partial charge in [-0.25, -0.2) is 9.80 Å². The summed E-state index contributed by atoms with van der Waals surface area (Å²) in [5.74, 6) is -0.334. The lowest BCUT2D eigenvalue weighted by Crippen LogP contribution is -2.23. The zero-order valence-electron chi connectivity index (χ0n) is 9.04. The zero-order chi connectivity index (χ0) is 12.1. The second-order valence-electron chi connectivity index (χ2n) is 3.45. The molecule has 0 radical (unpaired) electrons. The highest BCUT2D eigenvalue weighted by atomic mass is 16.2. The Morgan fingerprint density at radius 3 is 2.65 bits per heavy atom. The Kier molecular flexibility index (Phi) is 3.30. The molecule has 1 N–H and O–H groups in total. The summed E-state index contributed by atoms with van der Waals surface area (Å²) in [6.45, 7) is -0.0193. The fourth-order valence-electron chi connectivity index (χ4n) is 1.36. The van der Waals surface area contributed by atoms with Crippen LogP contribution in [-0.2, 0) is 4.79 Å². The number of hydrogen-bond acceptors (Lipinski definition) is 3. The molecule has 0 unspecified atom stereocenters. The molecule has 0 saturated carbocycles. The quantitative estimate of drug-likeness (QED) is 0.626. The van der Waals surface area contributed by atoms with Crippen molar-refractivity contribution in [3.05, 3.63) is 42.0 Å². The van der Waals surface area contributed by atoms with E-state index in [2.05, 4.69) is 10.4 Å². The second kappa shape index (κ2) is 5.07. The van der Waals surface area contributed by atoms with E-state index in [-0.39, 0.29) is 12.5 Å². The number of nitrogens with one attached hydrogen (secondary N) is 1. The van der Waals surface area contributed by atoms with E-state index in [0.29, 0.717) is 0 Å². The number of allylic oxidation sites excluding steroid dienone is 1. The number of hydrogen-bond donors (Lipinski definition) is 1. The largest absolute Gasteiger partial charge is 0.344 e. The van der Waals surface area contributed by atoms with Crippen molar-refractivity contribution in [2.45, 2.75) is 0 Å². The Labute approximate surface area is 98.4 Å². The molecule has 0 aliphatic carbocycles. The van der Waals surface area contributed by atoms with Crippen LogP contribution in [0.4, 0.5) is 4.79 Å². The van der Waals surface area contributed by atoms with Crippen LogP contribution in [0, 0.1) is 0 Å². The molecule has 0 spiro atoms. The minimum atomic E-state index is -0.487. The van der Waals surface area contributed by atoms with Gasteiger partial charge in [0, 0.05) is 6.21 Å². The molecule has 1 heterocycles. The highest BCUT2D eigenvalue weighted by Crippen LogP contribution is 2.01. The lowest BCUT2D eigenvalue weighted by molar-refractivity contribution is -0.118. The molecule has 1 aliphatic heterocycles. The molecule has 0 bridgehead atoms. The number of carbonyl (C=O) groups excluding carboxylic acids is 2. The molecular weight excluding hydrogens is 218 g/mol. The van der Waals surface area contributed by atoms with Crippen molar-refractivity contribution >= 4 is 24.2 Å². The fraction of sp³-hybridized carbons (Fsp3) is 0.0833. The Morgan fingerprint density at radius 2 is 2.00 bits per heavy atom. The Hall–Kier alpha value is -2.43. The standard InChI is InChI=1S/C12H11N3O2/c16-11-9-15(12(17)14-11)13-8-4-7-10-5-2-1-3-6-10/h1-8H,9H2,(H,14,16,17)/b7-4+,13-8-. The van der Waals surface area contributed by atoms with Gasteiger partial charge in [0.15, 0.2) is 0 Å². The first-order valence-electron chi connectivity index (χ1n) is 5.13. The van der Waals surface area contributed by atoms with Crippen LogP contribution in [-0.4, -0.2) is 29.7 Å². The third-order valence-electron chi connectivity index (χ3n) is 2.15. The van der Waals surface area contributed by atoms with E-state index in [0.717, 1.165) is 10.6 Å². The molecule has 1 aliphatic rings. The molecule has 1 fully saturated rings. The van der Waals surface area contributed by atoms with E-state index < -0.39 is 6.03 Å². The van der Waals surface area contributed by atoms with Crippen LogP contribution in [0.25, 0.3) is 6.08 Å². The number of amides is 3. The number of nitrogens with zero attached hydrogens (tertiary/aromatic N) is 2. The minimum Gasteiger partial charge on any atom is -0.275 e. The van der Waals surface area contributed by atoms with Crippen molar-refractivity contribution in [1.82, 2.24) is 10.3 Å². The summed E-state index contributed by atoms with van der Waals surface area (Å²) >= 11 is 0. The van der Waals surface area contributed by atoms with Gasteiger partial charge in [0.25, 0.3) is 0 Å². The summed E-state index contributed by atoms with van der Waals surface area (Å²) < 4.78 is 0. The van der Waals surface area contributed by atoms with E-state index in [1.807, 2.05) is 36.4 Å². The first-order chi connectivity index (χ1) is 8.25. The van der Waals surface area contributed by atoms with Crippen LogP contribution >= 0.6 is 0 Å². The second-order valence-corrected chi connectivity index (χ2v) is 3.45. The van der Waals surface area contributed by atoms with Crippen molar-refractivity contribution in [3.8, 4) is 0 Å². The van der Waals surface area contributed by atoms with Crippen LogP contribution in [0.15, 0.2) is 41.5 Å². The summed E-state index contributed by atoms with van der Waals surface area (Å²) in [5.41, 5.74) is 1.04. The maximum atomic E-state index is 11.1. The Morgan fingerprint density at radius 1 is 1.24 bits per heavy atom. The number of urea groups is 1. The van der Waals surface area contributed by atoms with Crippen molar-refractivity contribution in [2.75, 3.05) is 6.54 Å². The van der Waals surface area contributed by atoms with Gasteiger partial charge in [-0.05, 0) is 11.6 Å². The van der Waals surface area contributed by atoms with Crippen molar-refractivity contribution < 1.29 is 9.59 Å². The molecule has 1 aromatic carbocycles. The van der Waals surface area contributed by atoms with Gasteiger partial charge in [0.05, 0.1) is 0 Å². The SMILES string of the molecule is O=C1CN(/N=C\C=C\c2ccccc2)C(=O)N1. The Balaban J connectivity index is 1.92. The monoisotopic (exact) mass is 229 g/mol. The lowest BCUT2D eigenvalue weighted by atomic mass is 10.2. The van der Waals surface area contributed by atoms with Gasteiger partial charge in [-0.2, -0.15) is 5.10 Å². The third kappa shape index (κ3) is 3.01. The maximum absolute atomic E-state index is 11.1. The summed E-state index contributed by atoms with van der Waals surface area (Å²) in [6, 6.07) is 9.23. The van der Waals surface area contributed by atoms with Crippen molar-refractivity contribution in [3.63, 3.8) is 0 Å². The average molecular weight is 229 g/mol. The predicted octanol–water partition coefficient (Wildman–Crippen LogP) is 1.24. The molecule has 5 heteroatoms. The van der Waals surface area contributed by atoms with Gasteiger partial charge in [-0.3, -0.25) is 10.1 Å². The third-order valence-corrected chi connectivity index (χ3v) is 2.15. The summed E-state index contributed by atoms with van der Waals surface area (Å²) in [6.07, 6.45) is 5.05. The molecule has 0 aromatic heterocycles. The molecule has 2 rings (SSSR count). The predicted molar refractivity (Wildman–Crippen MR) is 64.2 cm³/mol. The van der Waals surface area contributed by atoms with Crippen LogP contribution in [0.5, 0.6) is 0 Å². The van der Waals surface area contributed by atoms with E-state index >= 15 is 0 Å². The van der Waals surface area contributed by atoms with E-state index in [9.17, 15) is 9.59 Å². The number of benzene rings is 1. The molecular formula is C12H11N3O2. The van der Waals surface area contributed by atoms with E-state index in [1.54, 1.807) is 6.08 Å². The number of rotatable bonds is 3. The van der Waals surface area contributed by atoms with Crippen LogP contribution in [0.2, 0.25) is 0 Å². The van der Waals surface area contributed by atoms with Gasteiger partial charge in [-0.15, -0.1) is 0 Å². The molecule has 0 atom stereocenters. The van der Waals surface area contributed by atoms with Gasteiger partial charge in [0.1, 0.15) is 6.54 Å². The van der Waals surface area contributed by atoms with Gasteiger partial charge in [-0.1, -0.05) is 36.4 Å². The molecule has 17 heavy (non-hydrogen) atoms. The van der Waals surface area contributed by atoms with Gasteiger partial charge in [0.2, 0.25) is 5.91 Å². The summed E-state index contributed by atoms with van der Waals surface area (Å²) in [7, 11) is 0. The highest BCUT2D eigenvalue weighted by molar-refractivity contribution is 6.02. The number of imide groups is 1. The summed E-state index contributed by atoms with van der Waals surface area (Å²) in [4.78, 5) is 22.0. The summed E-state index contributed by atoms with van der Waals surface area (Å²) in [5, 5.41) is 7.08. The van der Waals surface area contributed by atoms with Crippen molar-refractivity contribution in [1.29, 1.82) is 0 Å². The zero-order valence-corrected chi connectivity index (χ0v) is 9.04. The van der Waals surface area contributed by atoms with Crippen LogP contribution < -0.4 is 5.32 Å². The maximum Gasteiger partial charge on any atom is 0.344 e. The Bertz CT molecular complexity index is 480. The fourth-order valence-corrected chi connectivity index (χ4v) is 1.36. The number of carbonyl (C=O) groups is 2. The van der Waals surface area contributed by atoms with Gasteiger partial charge < -0.3 is 0 Å². The van der Waals surface area contributed by atoms with Crippen LogP contribution in [0.3, 0.4) is 0 Å². The highest BCUT2D eigenvalue weighted by Gasteiger charge is 2.25. The first-order valence-corrected chi connectivity index (χ1v) is 5.13. The smallest absolute Gasteiger partial charge is 0.275 e. The number of hydrazone groups is 1. The van der Waals surface area contributed by atoms with E-state index in [1.165, 1.54) is 6.21 Å². The minimum absolute atomic E-state index is 0.0193. The lowest BCUT2D eigenvalue weighted by Gasteiger charge is -2.02. The molecule has 1 saturated heterocycles. The van der Waals surface area contributed by atoms with Gasteiger partial charge >= 0.3 is 6.03 Å². The normalized spacial score (nSPS) is 16.1. The average Bonchev–Trinajstić information content (AvgIpc) is 2.65. The molecule has 5 nitrogen and oxygen atoms in total. The van der Waals surface area contributed by atoms with Crippen molar-refractivity contribution in [2.24, 2.45) is 5.10 Å². The van der Waals surface area contributed by atoms with Crippen LogP contribution in [0.1, 0.15) is 5.56 Å².